The molecule has 0 aliphatic carbocycles. The minimum Gasteiger partial charge on any atom is -0.494 e. The first-order valence-electron chi connectivity index (χ1n) is 9.35. The Bertz CT molecular complexity index is 1440. The number of anilines is 2. The molecule has 0 atom stereocenters. The third kappa shape index (κ3) is 4.98. The summed E-state index contributed by atoms with van der Waals surface area (Å²) in [4.78, 5) is 17.2. The van der Waals surface area contributed by atoms with E-state index in [0.29, 0.717) is 31.1 Å². The molecule has 33 heavy (non-hydrogen) atoms. The molecule has 0 unspecified atom stereocenters. The normalized spacial score (nSPS) is 11.2. The Labute approximate surface area is 203 Å². The number of ether oxygens (including phenoxy) is 1. The lowest BCUT2D eigenvalue weighted by molar-refractivity contribution is 0.0963. The topological polar surface area (TPSA) is 109 Å². The number of halogens is 2. The molecule has 0 spiro atoms. The maximum absolute atomic E-state index is 12.8. The predicted octanol–water partition coefficient (Wildman–Crippen LogP) is 5.17. The summed E-state index contributed by atoms with van der Waals surface area (Å²) in [7, 11) is -2.40. The molecule has 1 amide bonds. The van der Waals surface area contributed by atoms with Crippen LogP contribution in [0.3, 0.4) is 0 Å². The van der Waals surface area contributed by atoms with E-state index in [2.05, 4.69) is 20.6 Å². The van der Waals surface area contributed by atoms with Crippen molar-refractivity contribution in [3.05, 3.63) is 76.3 Å². The first kappa shape index (κ1) is 23.1. The lowest BCUT2D eigenvalue weighted by atomic mass is 10.2. The maximum atomic E-state index is 12.8. The molecule has 0 radical (unpaired) electrons. The lowest BCUT2D eigenvalue weighted by Crippen LogP contribution is -2.30. The molecule has 170 valence electrons. The molecule has 0 aliphatic rings. The Balaban J connectivity index is 1.54. The Kier molecular flexibility index (Phi) is 6.61. The fraction of sp³-hybridized carbons (Fsp3) is 0.0476. The van der Waals surface area contributed by atoms with Crippen LogP contribution < -0.4 is 20.3 Å². The van der Waals surface area contributed by atoms with Gasteiger partial charge in [-0.1, -0.05) is 46.7 Å². The largest absolute Gasteiger partial charge is 0.494 e. The number of fused-ring (bicyclic) bond motifs is 1. The zero-order valence-corrected chi connectivity index (χ0v) is 20.1. The number of sulfonamides is 1. The van der Waals surface area contributed by atoms with Crippen LogP contribution in [0.15, 0.2) is 65.6 Å². The van der Waals surface area contributed by atoms with Crippen LogP contribution in [0.4, 0.5) is 10.8 Å². The van der Waals surface area contributed by atoms with Gasteiger partial charge in [0.2, 0.25) is 5.13 Å². The molecule has 12 heteroatoms. The van der Waals surface area contributed by atoms with Crippen LogP contribution in [0, 0.1) is 0 Å². The van der Waals surface area contributed by atoms with Crippen LogP contribution in [0.25, 0.3) is 10.2 Å². The second-order valence-corrected chi connectivity index (χ2v) is 10.2. The van der Waals surface area contributed by atoms with Gasteiger partial charge in [-0.05, 0) is 48.5 Å². The minimum absolute atomic E-state index is 0.0144. The van der Waals surface area contributed by atoms with Crippen LogP contribution in [0.1, 0.15) is 10.4 Å². The number of thiazole rings is 1. The highest BCUT2D eigenvalue weighted by molar-refractivity contribution is 7.92. The van der Waals surface area contributed by atoms with Crippen molar-refractivity contribution in [3.8, 4) is 5.75 Å². The third-order valence-corrected chi connectivity index (χ3v) is 7.57. The summed E-state index contributed by atoms with van der Waals surface area (Å²) in [5, 5.41) is 1.29. The van der Waals surface area contributed by atoms with Crippen molar-refractivity contribution in [2.75, 3.05) is 17.3 Å². The van der Waals surface area contributed by atoms with Gasteiger partial charge in [0, 0.05) is 5.02 Å². The van der Waals surface area contributed by atoms with Crippen molar-refractivity contribution < 1.29 is 17.9 Å². The van der Waals surface area contributed by atoms with Gasteiger partial charge in [-0.2, -0.15) is 0 Å². The summed E-state index contributed by atoms with van der Waals surface area (Å²) in [5.41, 5.74) is 6.05. The second kappa shape index (κ2) is 9.44. The van der Waals surface area contributed by atoms with Crippen LogP contribution >= 0.6 is 34.5 Å². The number of hydrogen-bond donors (Lipinski definition) is 3. The number of rotatable bonds is 7. The van der Waals surface area contributed by atoms with Gasteiger partial charge in [-0.25, -0.2) is 13.4 Å². The molecular formula is C21H16Cl2N4O4S2. The van der Waals surface area contributed by atoms with E-state index < -0.39 is 15.9 Å². The fourth-order valence-corrected chi connectivity index (χ4v) is 5.25. The maximum Gasteiger partial charge on any atom is 0.271 e. The average Bonchev–Trinajstić information content (AvgIpc) is 3.23. The van der Waals surface area contributed by atoms with Gasteiger partial charge in [0.15, 0.2) is 0 Å². The summed E-state index contributed by atoms with van der Waals surface area (Å²) in [6, 6.07) is 15.3. The number of methoxy groups -OCH3 is 1. The van der Waals surface area contributed by atoms with Crippen molar-refractivity contribution in [1.29, 1.82) is 0 Å². The standard InChI is InChI=1S/C21H16Cl2N4O4S2/c1-31-17-11-10-15(23)19-18(17)24-21(32-19)26-25-20(28)14-4-2-3-5-16(14)27-33(29,30)13-8-6-12(22)7-9-13/h2-11,27H,1H3,(H,24,26)(H,25,28). The summed E-state index contributed by atoms with van der Waals surface area (Å²) in [6.07, 6.45) is 0. The van der Waals surface area contributed by atoms with Crippen molar-refractivity contribution in [2.24, 2.45) is 0 Å². The zero-order valence-electron chi connectivity index (χ0n) is 16.9. The number of benzene rings is 3. The number of hydrogen-bond acceptors (Lipinski definition) is 7. The van der Waals surface area contributed by atoms with Crippen molar-refractivity contribution >= 4 is 71.5 Å². The van der Waals surface area contributed by atoms with E-state index in [1.807, 2.05) is 0 Å². The zero-order chi connectivity index (χ0) is 23.6. The van der Waals surface area contributed by atoms with E-state index in [9.17, 15) is 13.2 Å². The molecule has 0 saturated heterocycles. The molecule has 0 bridgehead atoms. The van der Waals surface area contributed by atoms with Crippen LogP contribution in [0.2, 0.25) is 10.0 Å². The Morgan fingerprint density at radius 1 is 1.03 bits per heavy atom. The molecule has 3 N–H and O–H groups in total. The van der Waals surface area contributed by atoms with Crippen molar-refractivity contribution in [1.82, 2.24) is 10.4 Å². The lowest BCUT2D eigenvalue weighted by Gasteiger charge is -2.13. The SMILES string of the molecule is COc1ccc(Cl)c2sc(NNC(=O)c3ccccc3NS(=O)(=O)c3ccc(Cl)cc3)nc12. The van der Waals surface area contributed by atoms with Crippen molar-refractivity contribution in [3.63, 3.8) is 0 Å². The molecule has 0 fully saturated rings. The monoisotopic (exact) mass is 522 g/mol. The third-order valence-electron chi connectivity index (χ3n) is 4.50. The molecule has 4 rings (SSSR count). The smallest absolute Gasteiger partial charge is 0.271 e. The molecular weight excluding hydrogens is 507 g/mol. The molecule has 1 aromatic heterocycles. The highest BCUT2D eigenvalue weighted by Gasteiger charge is 2.19. The summed E-state index contributed by atoms with van der Waals surface area (Å²) in [5.74, 6) is -0.0197. The number of amides is 1. The number of hydrazine groups is 1. The van der Waals surface area contributed by atoms with Gasteiger partial charge in [0.25, 0.3) is 15.9 Å². The van der Waals surface area contributed by atoms with E-state index in [0.717, 1.165) is 0 Å². The molecule has 0 saturated carbocycles. The molecule has 8 nitrogen and oxygen atoms in total. The van der Waals surface area contributed by atoms with E-state index >= 15 is 0 Å². The molecule has 0 aliphatic heterocycles. The first-order chi connectivity index (χ1) is 15.8. The van der Waals surface area contributed by atoms with Gasteiger partial charge in [0.05, 0.1) is 33.0 Å². The highest BCUT2D eigenvalue weighted by Crippen LogP contribution is 2.37. The Morgan fingerprint density at radius 2 is 1.76 bits per heavy atom. The van der Waals surface area contributed by atoms with Gasteiger partial charge >= 0.3 is 0 Å². The summed E-state index contributed by atoms with van der Waals surface area (Å²) < 4.78 is 33.9. The van der Waals surface area contributed by atoms with Crippen LogP contribution in [-0.2, 0) is 10.0 Å². The number of carbonyl (C=O) groups excluding carboxylic acids is 1. The average molecular weight is 523 g/mol. The summed E-state index contributed by atoms with van der Waals surface area (Å²) in [6.45, 7) is 0. The van der Waals surface area contributed by atoms with E-state index in [1.165, 1.54) is 54.8 Å². The quantitative estimate of drug-likeness (QED) is 0.289. The number of carbonyl (C=O) groups is 1. The van der Waals surface area contributed by atoms with Crippen LogP contribution in [0.5, 0.6) is 5.75 Å². The van der Waals surface area contributed by atoms with Gasteiger partial charge in [0.1, 0.15) is 11.3 Å². The number of aromatic nitrogens is 1. The van der Waals surface area contributed by atoms with E-state index in [1.54, 1.807) is 24.3 Å². The molecule has 4 aromatic rings. The second-order valence-electron chi connectivity index (χ2n) is 6.63. The number of nitrogens with zero attached hydrogens (tertiary/aromatic N) is 1. The Hall–Kier alpha value is -3.05. The molecule has 3 aromatic carbocycles. The first-order valence-corrected chi connectivity index (χ1v) is 12.4. The van der Waals surface area contributed by atoms with E-state index in [-0.39, 0.29) is 16.1 Å². The summed E-state index contributed by atoms with van der Waals surface area (Å²) >= 11 is 13.3. The minimum atomic E-state index is -3.93. The predicted molar refractivity (Wildman–Crippen MR) is 131 cm³/mol. The van der Waals surface area contributed by atoms with Gasteiger partial charge < -0.3 is 4.74 Å². The highest BCUT2D eigenvalue weighted by atomic mass is 35.5. The van der Waals surface area contributed by atoms with Gasteiger partial charge in [-0.3, -0.25) is 20.4 Å². The van der Waals surface area contributed by atoms with E-state index in [4.69, 9.17) is 27.9 Å². The molecule has 1 heterocycles. The Morgan fingerprint density at radius 3 is 2.48 bits per heavy atom. The number of para-hydroxylation sites is 1. The van der Waals surface area contributed by atoms with Crippen LogP contribution in [-0.4, -0.2) is 26.4 Å². The number of nitrogens with one attached hydrogen (secondary N) is 3. The van der Waals surface area contributed by atoms with Gasteiger partial charge in [-0.15, -0.1) is 0 Å². The van der Waals surface area contributed by atoms with Crippen molar-refractivity contribution in [2.45, 2.75) is 4.90 Å². The fourth-order valence-electron chi connectivity index (χ4n) is 2.94.